The van der Waals surface area contributed by atoms with E-state index in [1.54, 1.807) is 0 Å². The molecule has 0 unspecified atom stereocenters. The van der Waals surface area contributed by atoms with Crippen molar-refractivity contribution in [2.24, 2.45) is 0 Å². The van der Waals surface area contributed by atoms with Gasteiger partial charge in [0.1, 0.15) is 0 Å². The number of rotatable bonds is 1. The van der Waals surface area contributed by atoms with Crippen LogP contribution in [0.3, 0.4) is 0 Å². The second-order valence-corrected chi connectivity index (χ2v) is 1.88. The highest BCUT2D eigenvalue weighted by atomic mass is 16.2. The molecule has 1 rings (SSSR count). The first-order chi connectivity index (χ1) is 5.18. The fraction of sp³-hybridized carbons (Fsp3) is 0.167. The van der Waals surface area contributed by atoms with Gasteiger partial charge in [-0.3, -0.25) is 4.79 Å². The molecule has 5 nitrogen and oxygen atoms in total. The van der Waals surface area contributed by atoms with Crippen molar-refractivity contribution in [2.45, 2.75) is 6.92 Å². The number of carbonyl (C=O) groups is 1. The molecule has 0 aliphatic heterocycles. The molecular weight excluding hydrogens is 146 g/mol. The Morgan fingerprint density at radius 3 is 3.00 bits per heavy atom. The third-order valence-electron chi connectivity index (χ3n) is 0.927. The molecule has 57 valence electrons. The fourth-order valence-electron chi connectivity index (χ4n) is 0.585. The summed E-state index contributed by atoms with van der Waals surface area (Å²) in [7, 11) is 0. The van der Waals surface area contributed by atoms with E-state index in [0.29, 0.717) is 0 Å². The maximum atomic E-state index is 10.5. The van der Waals surface area contributed by atoms with Gasteiger partial charge in [0.2, 0.25) is 5.91 Å². The summed E-state index contributed by atoms with van der Waals surface area (Å²) in [6.45, 7) is 1.29. The predicted octanol–water partition coefficient (Wildman–Crippen LogP) is -0.448. The van der Waals surface area contributed by atoms with Crippen molar-refractivity contribution in [3.63, 3.8) is 0 Å². The van der Waals surface area contributed by atoms with Crippen LogP contribution in [-0.2, 0) is 4.79 Å². The van der Waals surface area contributed by atoms with Gasteiger partial charge in [0.15, 0.2) is 5.82 Å². The van der Waals surface area contributed by atoms with E-state index in [1.807, 2.05) is 0 Å². The van der Waals surface area contributed by atoms with Gasteiger partial charge in [0.25, 0.3) is 0 Å². The molecule has 1 heterocycles. The van der Waals surface area contributed by atoms with Crippen LogP contribution in [0.4, 0.5) is 5.82 Å². The topological polar surface area (TPSA) is 76.9 Å². The summed E-state index contributed by atoms with van der Waals surface area (Å²) in [6.07, 6.45) is 1.39. The Hall–Kier alpha value is -1.65. The van der Waals surface area contributed by atoms with E-state index in [2.05, 4.69) is 15.3 Å². The normalized spacial score (nSPS) is 9.18. The molecule has 5 heteroatoms. The summed E-state index contributed by atoms with van der Waals surface area (Å²) in [5, 5.41) is 3.45. The molecular formula is C6H6N3O2. The molecule has 0 atom stereocenters. The predicted molar refractivity (Wildman–Crippen MR) is 37.3 cm³/mol. The van der Waals surface area contributed by atoms with Gasteiger partial charge in [-0.1, -0.05) is 0 Å². The van der Waals surface area contributed by atoms with Crippen LogP contribution >= 0.6 is 0 Å². The van der Waals surface area contributed by atoms with Crippen LogP contribution in [-0.4, -0.2) is 15.9 Å². The largest absolute Gasteiger partial charge is 0.346 e. The van der Waals surface area contributed by atoms with Crippen molar-refractivity contribution in [2.75, 3.05) is 0 Å². The highest BCUT2D eigenvalue weighted by Gasteiger charge is 1.98. The summed E-state index contributed by atoms with van der Waals surface area (Å²) >= 11 is 0. The lowest BCUT2D eigenvalue weighted by atomic mass is 10.5. The molecule has 0 aromatic carbocycles. The summed E-state index contributed by atoms with van der Waals surface area (Å²) in [4.78, 5) is 26.7. The molecule has 0 bridgehead atoms. The number of carbonyl (C=O) groups excluding carboxylic acids is 1. The maximum Gasteiger partial charge on any atom is 0.346 e. The van der Waals surface area contributed by atoms with Crippen LogP contribution < -0.4 is 11.0 Å². The molecule has 0 spiro atoms. The lowest BCUT2D eigenvalue weighted by Crippen LogP contribution is -2.14. The number of aromatic nitrogens is 2. The summed E-state index contributed by atoms with van der Waals surface area (Å²) in [5.41, 5.74) is -0.507. The van der Waals surface area contributed by atoms with Gasteiger partial charge in [-0.05, 0) is 6.07 Å². The first-order valence-electron chi connectivity index (χ1n) is 2.96. The van der Waals surface area contributed by atoms with E-state index in [-0.39, 0.29) is 11.7 Å². The molecule has 0 fully saturated rings. The highest BCUT2D eigenvalue weighted by Crippen LogP contribution is 1.94. The Labute approximate surface area is 62.5 Å². The van der Waals surface area contributed by atoms with Crippen LogP contribution in [0.1, 0.15) is 6.92 Å². The van der Waals surface area contributed by atoms with E-state index in [4.69, 9.17) is 0 Å². The average molecular weight is 152 g/mol. The number of nitrogens with zero attached hydrogens (tertiary/aromatic N) is 2. The van der Waals surface area contributed by atoms with Crippen molar-refractivity contribution in [1.29, 1.82) is 0 Å². The minimum absolute atomic E-state index is 0.140. The first kappa shape index (κ1) is 7.46. The Bertz CT molecular complexity index is 318. The van der Waals surface area contributed by atoms with E-state index in [1.165, 1.54) is 19.2 Å². The Kier molecular flexibility index (Phi) is 2.00. The lowest BCUT2D eigenvalue weighted by Gasteiger charge is -1.92. The number of aromatic amines is 1. The second kappa shape index (κ2) is 2.96. The second-order valence-electron chi connectivity index (χ2n) is 1.88. The van der Waals surface area contributed by atoms with E-state index < -0.39 is 5.69 Å². The van der Waals surface area contributed by atoms with Crippen molar-refractivity contribution in [3.05, 3.63) is 22.7 Å². The monoisotopic (exact) mass is 152 g/mol. The molecule has 0 aliphatic carbocycles. The molecule has 1 radical (unpaired) electrons. The number of hydrogen-bond donors (Lipinski definition) is 1. The molecule has 1 aromatic rings. The van der Waals surface area contributed by atoms with Gasteiger partial charge < -0.3 is 4.98 Å². The number of hydrogen-bond acceptors (Lipinski definition) is 3. The zero-order chi connectivity index (χ0) is 8.27. The Balaban J connectivity index is 2.88. The summed E-state index contributed by atoms with van der Waals surface area (Å²) in [5.74, 6) is -0.232. The van der Waals surface area contributed by atoms with Gasteiger partial charge >= 0.3 is 5.69 Å². The Morgan fingerprint density at radius 1 is 1.73 bits per heavy atom. The van der Waals surface area contributed by atoms with Crippen molar-refractivity contribution in [1.82, 2.24) is 15.3 Å². The molecule has 1 aromatic heterocycles. The van der Waals surface area contributed by atoms with E-state index >= 15 is 0 Å². The van der Waals surface area contributed by atoms with Crippen molar-refractivity contribution in [3.8, 4) is 0 Å². The van der Waals surface area contributed by atoms with Crippen LogP contribution in [0.2, 0.25) is 0 Å². The smallest absolute Gasteiger partial charge is 0.313 e. The van der Waals surface area contributed by atoms with E-state index in [0.717, 1.165) is 0 Å². The van der Waals surface area contributed by atoms with Crippen molar-refractivity contribution < 1.29 is 4.79 Å². The summed E-state index contributed by atoms with van der Waals surface area (Å²) in [6, 6.07) is 1.45. The molecule has 0 aliphatic rings. The minimum atomic E-state index is -0.507. The SMILES string of the molecule is CC(=O)[N]c1cc[nH]c(=O)n1. The standard InChI is InChI=1S/C6H6N3O2/c1-4(10)8-5-2-3-7-6(11)9-5/h2-3H,1H3,(H,7,9,11). The molecule has 1 N–H and O–H groups in total. The van der Waals surface area contributed by atoms with Crippen LogP contribution in [0.15, 0.2) is 17.1 Å². The lowest BCUT2D eigenvalue weighted by molar-refractivity contribution is -0.118. The van der Waals surface area contributed by atoms with Crippen LogP contribution in [0.5, 0.6) is 0 Å². The molecule has 11 heavy (non-hydrogen) atoms. The highest BCUT2D eigenvalue weighted by molar-refractivity contribution is 5.76. The van der Waals surface area contributed by atoms with E-state index in [9.17, 15) is 9.59 Å². The first-order valence-corrected chi connectivity index (χ1v) is 2.96. The van der Waals surface area contributed by atoms with Crippen molar-refractivity contribution >= 4 is 11.7 Å². The van der Waals surface area contributed by atoms with Crippen LogP contribution in [0, 0.1) is 0 Å². The maximum absolute atomic E-state index is 10.5. The summed E-state index contributed by atoms with van der Waals surface area (Å²) < 4.78 is 0. The third kappa shape index (κ3) is 2.21. The quantitative estimate of drug-likeness (QED) is 0.592. The molecule has 0 saturated heterocycles. The molecule has 1 amide bonds. The minimum Gasteiger partial charge on any atom is -0.313 e. The van der Waals surface area contributed by atoms with Gasteiger partial charge in [-0.25, -0.2) is 4.79 Å². The zero-order valence-electron chi connectivity index (χ0n) is 5.87. The van der Waals surface area contributed by atoms with Gasteiger partial charge in [0.05, 0.1) is 0 Å². The van der Waals surface area contributed by atoms with Gasteiger partial charge in [0, 0.05) is 13.1 Å². The number of H-pyrrole nitrogens is 1. The zero-order valence-corrected chi connectivity index (χ0v) is 5.87. The van der Waals surface area contributed by atoms with Crippen LogP contribution in [0.25, 0.3) is 0 Å². The third-order valence-corrected chi connectivity index (χ3v) is 0.927. The van der Waals surface area contributed by atoms with Gasteiger partial charge in [-0.15, -0.1) is 0 Å². The van der Waals surface area contributed by atoms with Gasteiger partial charge in [-0.2, -0.15) is 10.3 Å². The molecule has 0 saturated carbocycles. The number of amides is 1. The number of nitrogens with one attached hydrogen (secondary N) is 1. The average Bonchev–Trinajstić information content (AvgIpc) is 1.85. The fourth-order valence-corrected chi connectivity index (χ4v) is 0.585. The Morgan fingerprint density at radius 2 is 2.45 bits per heavy atom.